The van der Waals surface area contributed by atoms with E-state index in [1.807, 2.05) is 12.1 Å². The van der Waals surface area contributed by atoms with E-state index in [1.54, 1.807) is 44.4 Å². The van der Waals surface area contributed by atoms with Gasteiger partial charge in [-0.15, -0.1) is 5.10 Å². The van der Waals surface area contributed by atoms with Crippen molar-refractivity contribution in [3.05, 3.63) is 48.2 Å². The van der Waals surface area contributed by atoms with Crippen LogP contribution in [0.5, 0.6) is 0 Å². The number of hydrogen-bond acceptors (Lipinski definition) is 10. The van der Waals surface area contributed by atoms with Crippen molar-refractivity contribution in [3.8, 4) is 0 Å². The molecule has 0 spiro atoms. The van der Waals surface area contributed by atoms with Crippen LogP contribution in [-0.2, 0) is 24.3 Å². The fourth-order valence-corrected chi connectivity index (χ4v) is 6.14. The number of nitrogens with one attached hydrogen (secondary N) is 1. The molecule has 5 rings (SSSR count). The van der Waals surface area contributed by atoms with E-state index in [0.717, 1.165) is 54.6 Å². The molecular weight excluding hydrogens is 526 g/mol. The van der Waals surface area contributed by atoms with Crippen molar-refractivity contribution in [2.45, 2.75) is 24.3 Å². The zero-order valence-corrected chi connectivity index (χ0v) is 22.8. The van der Waals surface area contributed by atoms with Gasteiger partial charge in [0.05, 0.1) is 23.1 Å². The van der Waals surface area contributed by atoms with Crippen molar-refractivity contribution in [1.29, 1.82) is 0 Å². The van der Waals surface area contributed by atoms with Gasteiger partial charge in [0.2, 0.25) is 0 Å². The quantitative estimate of drug-likeness (QED) is 0.323. The Morgan fingerprint density at radius 3 is 2.51 bits per heavy atom. The largest absolute Gasteiger partial charge is 0.483 e. The third kappa shape index (κ3) is 6.00. The maximum absolute atomic E-state index is 13.9. The third-order valence-electron chi connectivity index (χ3n) is 6.77. The second-order valence-corrected chi connectivity index (χ2v) is 10.8. The number of aromatic nitrogens is 2. The maximum Gasteiger partial charge on any atom is 0.359 e. The van der Waals surface area contributed by atoms with E-state index in [1.165, 1.54) is 0 Å². The van der Waals surface area contributed by atoms with Crippen molar-refractivity contribution in [3.63, 3.8) is 0 Å². The average Bonchev–Trinajstić information content (AvgIpc) is 3.60. The van der Waals surface area contributed by atoms with E-state index in [2.05, 4.69) is 20.2 Å². The molecule has 2 aromatic carbocycles. The third-order valence-corrected chi connectivity index (χ3v) is 8.35. The Bertz CT molecular complexity index is 1420. The van der Waals surface area contributed by atoms with Gasteiger partial charge in [-0.05, 0) is 49.7 Å². The van der Waals surface area contributed by atoms with Crippen LogP contribution < -0.4 is 15.1 Å². The Hall–Kier alpha value is -3.68. The molecule has 3 heterocycles. The van der Waals surface area contributed by atoms with Crippen LogP contribution >= 0.6 is 0 Å². The van der Waals surface area contributed by atoms with Crippen LogP contribution in [0.2, 0.25) is 0 Å². The predicted molar refractivity (Wildman–Crippen MR) is 146 cm³/mol. The molecule has 0 bridgehead atoms. The SMILES string of the molecule is CCOC(=O)c1nn(S(=O)(=O)c2cccc(N3CCC(OC)C3)c2)c2cc(N3CCNCC3)ccc12.O=CO. The first-order valence-corrected chi connectivity index (χ1v) is 14.1. The van der Waals surface area contributed by atoms with Gasteiger partial charge in [0, 0.05) is 63.1 Å². The van der Waals surface area contributed by atoms with E-state index in [4.69, 9.17) is 19.4 Å². The van der Waals surface area contributed by atoms with Crippen molar-refractivity contribution in [2.75, 3.05) is 62.8 Å². The highest BCUT2D eigenvalue weighted by atomic mass is 32.2. The second-order valence-electron chi connectivity index (χ2n) is 9.05. The number of carboxylic acid groups (broad SMARTS) is 1. The molecule has 2 aliphatic rings. The van der Waals surface area contributed by atoms with Crippen LogP contribution in [0.1, 0.15) is 23.8 Å². The number of benzene rings is 2. The molecule has 0 amide bonds. The van der Waals surface area contributed by atoms with Gasteiger partial charge in [-0.25, -0.2) is 4.79 Å². The number of piperazine rings is 1. The summed E-state index contributed by atoms with van der Waals surface area (Å²) in [5, 5.41) is 14.9. The smallest absolute Gasteiger partial charge is 0.359 e. The van der Waals surface area contributed by atoms with Gasteiger partial charge in [0.25, 0.3) is 16.5 Å². The van der Waals surface area contributed by atoms with Crippen molar-refractivity contribution in [1.82, 2.24) is 14.5 Å². The molecule has 1 atom stereocenters. The Balaban J connectivity index is 0.00000112. The molecule has 1 aromatic heterocycles. The van der Waals surface area contributed by atoms with Gasteiger partial charge < -0.3 is 29.7 Å². The Labute approximate surface area is 227 Å². The lowest BCUT2D eigenvalue weighted by Crippen LogP contribution is -2.43. The molecule has 0 saturated carbocycles. The minimum Gasteiger partial charge on any atom is -0.483 e. The molecule has 13 heteroatoms. The number of carbonyl (C=O) groups is 2. The molecule has 2 fully saturated rings. The minimum atomic E-state index is -4.10. The molecule has 2 N–H and O–H groups in total. The van der Waals surface area contributed by atoms with E-state index >= 15 is 0 Å². The molecule has 2 aliphatic heterocycles. The van der Waals surface area contributed by atoms with Crippen LogP contribution in [-0.4, -0.2) is 94.2 Å². The molecular formula is C26H33N5O7S. The lowest BCUT2D eigenvalue weighted by Gasteiger charge is -2.29. The van der Waals surface area contributed by atoms with Crippen molar-refractivity contribution in [2.24, 2.45) is 0 Å². The fraction of sp³-hybridized carbons (Fsp3) is 0.423. The summed E-state index contributed by atoms with van der Waals surface area (Å²) < 4.78 is 39.4. The molecule has 3 aromatic rings. The lowest BCUT2D eigenvalue weighted by atomic mass is 10.1. The van der Waals surface area contributed by atoms with E-state index in [-0.39, 0.29) is 29.8 Å². The molecule has 2 saturated heterocycles. The number of hydrogen-bond donors (Lipinski definition) is 2. The number of anilines is 2. The van der Waals surface area contributed by atoms with Crippen LogP contribution in [0.4, 0.5) is 11.4 Å². The van der Waals surface area contributed by atoms with E-state index in [9.17, 15) is 13.2 Å². The number of fused-ring (bicyclic) bond motifs is 1. The summed E-state index contributed by atoms with van der Waals surface area (Å²) in [6.07, 6.45) is 1.01. The number of nitrogens with zero attached hydrogens (tertiary/aromatic N) is 4. The number of rotatable bonds is 7. The predicted octanol–water partition coefficient (Wildman–Crippen LogP) is 1.79. The van der Waals surface area contributed by atoms with Gasteiger partial charge in [-0.3, -0.25) is 4.79 Å². The van der Waals surface area contributed by atoms with Crippen LogP contribution in [0, 0.1) is 0 Å². The molecule has 12 nitrogen and oxygen atoms in total. The summed E-state index contributed by atoms with van der Waals surface area (Å²) >= 11 is 0. The zero-order chi connectivity index (χ0) is 28.0. The van der Waals surface area contributed by atoms with Crippen LogP contribution in [0.25, 0.3) is 10.9 Å². The number of esters is 1. The molecule has 210 valence electrons. The van der Waals surface area contributed by atoms with Crippen LogP contribution in [0.3, 0.4) is 0 Å². The van der Waals surface area contributed by atoms with Crippen molar-refractivity contribution >= 4 is 44.7 Å². The van der Waals surface area contributed by atoms with Gasteiger partial charge in [-0.2, -0.15) is 12.5 Å². The highest BCUT2D eigenvalue weighted by Gasteiger charge is 2.29. The van der Waals surface area contributed by atoms with Gasteiger partial charge in [-0.1, -0.05) is 6.07 Å². The maximum atomic E-state index is 13.9. The Morgan fingerprint density at radius 1 is 1.13 bits per heavy atom. The molecule has 0 radical (unpaired) electrons. The summed E-state index contributed by atoms with van der Waals surface area (Å²) in [6, 6.07) is 12.3. The second kappa shape index (κ2) is 12.5. The van der Waals surface area contributed by atoms with Gasteiger partial charge in [0.1, 0.15) is 0 Å². The molecule has 1 unspecified atom stereocenters. The van der Waals surface area contributed by atoms with Gasteiger partial charge >= 0.3 is 5.97 Å². The standard InChI is InChI=1S/C25H31N5O5S.CH2O2/c1-3-35-25(31)24-22-8-7-19(28-13-10-26-11-14-28)16-23(22)30(27-24)36(32,33)21-6-4-5-18(15-21)29-12-9-20(17-29)34-2;2-1-3/h4-8,15-16,20,26H,3,9-14,17H2,1-2H3;1H,(H,2,3). The highest BCUT2D eigenvalue weighted by Crippen LogP contribution is 2.30. The Kier molecular flexibility index (Phi) is 9.04. The van der Waals surface area contributed by atoms with Gasteiger partial charge in [0.15, 0.2) is 5.69 Å². The molecule has 39 heavy (non-hydrogen) atoms. The zero-order valence-electron chi connectivity index (χ0n) is 21.9. The highest BCUT2D eigenvalue weighted by molar-refractivity contribution is 7.90. The summed E-state index contributed by atoms with van der Waals surface area (Å²) in [7, 11) is -2.41. The monoisotopic (exact) mass is 559 g/mol. The summed E-state index contributed by atoms with van der Waals surface area (Å²) in [5.74, 6) is -0.650. The summed E-state index contributed by atoms with van der Waals surface area (Å²) in [4.78, 5) is 25.4. The topological polar surface area (TPSA) is 143 Å². The van der Waals surface area contributed by atoms with E-state index in [0.29, 0.717) is 17.4 Å². The first kappa shape index (κ1) is 28.3. The lowest BCUT2D eigenvalue weighted by molar-refractivity contribution is -0.122. The summed E-state index contributed by atoms with van der Waals surface area (Å²) in [6.45, 7) is 6.40. The van der Waals surface area contributed by atoms with Crippen LogP contribution in [0.15, 0.2) is 47.4 Å². The van der Waals surface area contributed by atoms with E-state index < -0.39 is 16.0 Å². The normalized spacial score (nSPS) is 17.5. The Morgan fingerprint density at radius 2 is 1.85 bits per heavy atom. The number of methoxy groups -OCH3 is 1. The number of carbonyl (C=O) groups excluding carboxylic acids is 1. The minimum absolute atomic E-state index is 0.0130. The van der Waals surface area contributed by atoms with Crippen molar-refractivity contribution < 1.29 is 32.6 Å². The molecule has 0 aliphatic carbocycles. The number of ether oxygens (including phenoxy) is 2. The summed E-state index contributed by atoms with van der Waals surface area (Å²) in [5.41, 5.74) is 2.02. The first-order valence-electron chi connectivity index (χ1n) is 12.7. The fourth-order valence-electron chi connectivity index (χ4n) is 4.83. The average molecular weight is 560 g/mol. The first-order chi connectivity index (χ1) is 18.8.